The van der Waals surface area contributed by atoms with E-state index in [0.717, 1.165) is 12.1 Å². The molecule has 0 saturated carbocycles. The van der Waals surface area contributed by atoms with Crippen LogP contribution in [0.1, 0.15) is 10.4 Å². The molecule has 0 aliphatic carbocycles. The first-order valence-electron chi connectivity index (χ1n) is 8.44. The number of rotatable bonds is 3. The van der Waals surface area contributed by atoms with Gasteiger partial charge in [0.2, 0.25) is 0 Å². The number of carbonyl (C=O) groups excluding carboxylic acids is 1. The van der Waals surface area contributed by atoms with E-state index in [4.69, 9.17) is 40.6 Å². The van der Waals surface area contributed by atoms with Crippen molar-refractivity contribution in [1.29, 1.82) is 0 Å². The molecular formula is C20H11Cl3F2N4O. The van der Waals surface area contributed by atoms with E-state index in [2.05, 4.69) is 5.10 Å². The number of nitrogen functional groups attached to an aromatic ring is 1. The minimum absolute atomic E-state index is 0.0393. The van der Waals surface area contributed by atoms with Crippen LogP contribution in [0.4, 0.5) is 8.78 Å². The number of hydrazine groups is 1. The predicted molar refractivity (Wildman–Crippen MR) is 113 cm³/mol. The van der Waals surface area contributed by atoms with Crippen LogP contribution in [0.2, 0.25) is 15.1 Å². The third-order valence-electron chi connectivity index (χ3n) is 4.47. The molecule has 0 aliphatic heterocycles. The average molecular weight is 468 g/mol. The molecule has 3 aromatic carbocycles. The fraction of sp³-hybridized carbons (Fsp3) is 0. The molecule has 0 aliphatic rings. The van der Waals surface area contributed by atoms with Crippen molar-refractivity contribution < 1.29 is 13.6 Å². The lowest BCUT2D eigenvalue weighted by Gasteiger charge is -2.09. The van der Waals surface area contributed by atoms with E-state index in [1.807, 2.05) is 5.43 Å². The molecule has 3 N–H and O–H groups in total. The van der Waals surface area contributed by atoms with Crippen molar-refractivity contribution in [2.45, 2.75) is 0 Å². The second-order valence-electron chi connectivity index (χ2n) is 6.30. The zero-order valence-corrected chi connectivity index (χ0v) is 17.2. The quantitative estimate of drug-likeness (QED) is 0.236. The Kier molecular flexibility index (Phi) is 5.38. The molecule has 0 fully saturated rings. The van der Waals surface area contributed by atoms with Gasteiger partial charge in [0, 0.05) is 27.1 Å². The molecule has 0 unspecified atom stereocenters. The molecule has 152 valence electrons. The van der Waals surface area contributed by atoms with E-state index in [0.29, 0.717) is 15.9 Å². The fourth-order valence-corrected chi connectivity index (χ4v) is 3.68. The van der Waals surface area contributed by atoms with Gasteiger partial charge in [-0.3, -0.25) is 10.2 Å². The summed E-state index contributed by atoms with van der Waals surface area (Å²) in [6.45, 7) is 0. The molecule has 0 saturated heterocycles. The molecule has 0 spiro atoms. The van der Waals surface area contributed by atoms with Gasteiger partial charge in [0.25, 0.3) is 5.91 Å². The van der Waals surface area contributed by atoms with Crippen LogP contribution in [-0.2, 0) is 0 Å². The number of fused-ring (bicyclic) bond motifs is 1. The standard InChI is InChI=1S/C20H11Cl3F2N4O/c21-9-2-4-17-13(5-9)19(11-3-1-10(22)6-15(11)24)28-29(17)18-8-16(25)12(7-14(18)23)20(30)27-26/h1-8H,26H2,(H,27,30). The van der Waals surface area contributed by atoms with Gasteiger partial charge in [-0.15, -0.1) is 0 Å². The number of nitrogens with two attached hydrogens (primary N) is 1. The van der Waals surface area contributed by atoms with Crippen molar-refractivity contribution in [3.8, 4) is 16.9 Å². The van der Waals surface area contributed by atoms with Gasteiger partial charge in [0.05, 0.1) is 21.8 Å². The molecule has 4 rings (SSSR count). The molecule has 30 heavy (non-hydrogen) atoms. The Labute approximate surface area is 183 Å². The summed E-state index contributed by atoms with van der Waals surface area (Å²) in [6, 6.07) is 11.3. The summed E-state index contributed by atoms with van der Waals surface area (Å²) in [5.41, 5.74) is 2.63. The Bertz CT molecular complexity index is 1320. The van der Waals surface area contributed by atoms with Crippen molar-refractivity contribution in [2.24, 2.45) is 5.84 Å². The molecular weight excluding hydrogens is 457 g/mol. The molecule has 1 heterocycles. The summed E-state index contributed by atoms with van der Waals surface area (Å²) in [4.78, 5) is 11.7. The number of hydrogen-bond acceptors (Lipinski definition) is 3. The van der Waals surface area contributed by atoms with Gasteiger partial charge in [-0.05, 0) is 42.5 Å². The summed E-state index contributed by atoms with van der Waals surface area (Å²) in [5.74, 6) is 2.80. The smallest absolute Gasteiger partial charge is 0.268 e. The highest BCUT2D eigenvalue weighted by atomic mass is 35.5. The highest BCUT2D eigenvalue weighted by Crippen LogP contribution is 2.35. The van der Waals surface area contributed by atoms with Crippen LogP contribution in [-0.4, -0.2) is 15.7 Å². The topological polar surface area (TPSA) is 72.9 Å². The Hall–Kier alpha value is -2.71. The first-order chi connectivity index (χ1) is 14.3. The van der Waals surface area contributed by atoms with E-state index in [1.54, 1.807) is 18.2 Å². The van der Waals surface area contributed by atoms with Gasteiger partial charge in [-0.25, -0.2) is 19.3 Å². The maximum Gasteiger partial charge on any atom is 0.268 e. The molecule has 0 bridgehead atoms. The van der Waals surface area contributed by atoms with Crippen molar-refractivity contribution in [1.82, 2.24) is 15.2 Å². The third-order valence-corrected chi connectivity index (χ3v) is 5.24. The molecule has 0 atom stereocenters. The van der Waals surface area contributed by atoms with Gasteiger partial charge < -0.3 is 0 Å². The summed E-state index contributed by atoms with van der Waals surface area (Å²) >= 11 is 18.3. The number of carbonyl (C=O) groups is 1. The van der Waals surface area contributed by atoms with E-state index < -0.39 is 17.5 Å². The maximum absolute atomic E-state index is 14.6. The van der Waals surface area contributed by atoms with Crippen LogP contribution >= 0.6 is 34.8 Å². The number of hydrogen-bond donors (Lipinski definition) is 2. The SMILES string of the molecule is NNC(=O)c1cc(Cl)c(-n2nc(-c3ccc(Cl)cc3F)c3cc(Cl)ccc32)cc1F. The van der Waals surface area contributed by atoms with Gasteiger partial charge in [0.15, 0.2) is 0 Å². The van der Waals surface area contributed by atoms with Crippen molar-refractivity contribution in [3.05, 3.63) is 80.8 Å². The number of benzene rings is 3. The maximum atomic E-state index is 14.6. The molecule has 4 aromatic rings. The Morgan fingerprint density at radius 3 is 2.37 bits per heavy atom. The van der Waals surface area contributed by atoms with Crippen LogP contribution in [0.3, 0.4) is 0 Å². The number of halogens is 5. The van der Waals surface area contributed by atoms with Crippen LogP contribution < -0.4 is 11.3 Å². The molecule has 0 radical (unpaired) electrons. The first kappa shape index (κ1) is 20.6. The van der Waals surface area contributed by atoms with Gasteiger partial charge in [-0.1, -0.05) is 34.8 Å². The van der Waals surface area contributed by atoms with Crippen LogP contribution in [0, 0.1) is 11.6 Å². The summed E-state index contributed by atoms with van der Waals surface area (Å²) < 4.78 is 30.5. The first-order valence-corrected chi connectivity index (χ1v) is 9.57. The highest BCUT2D eigenvalue weighted by molar-refractivity contribution is 6.33. The molecule has 5 nitrogen and oxygen atoms in total. The second kappa shape index (κ2) is 7.85. The minimum atomic E-state index is -0.853. The minimum Gasteiger partial charge on any atom is -0.290 e. The zero-order valence-electron chi connectivity index (χ0n) is 14.9. The normalized spacial score (nSPS) is 11.1. The molecule has 1 amide bonds. The fourth-order valence-electron chi connectivity index (χ4n) is 3.10. The molecule has 1 aromatic heterocycles. The van der Waals surface area contributed by atoms with E-state index in [-0.39, 0.29) is 32.6 Å². The van der Waals surface area contributed by atoms with Crippen molar-refractivity contribution >= 4 is 51.6 Å². The Balaban J connectivity index is 2.00. The predicted octanol–water partition coefficient (Wildman–Crippen LogP) is 5.53. The van der Waals surface area contributed by atoms with Gasteiger partial charge in [0.1, 0.15) is 17.3 Å². The summed E-state index contributed by atoms with van der Waals surface area (Å²) in [5, 5.41) is 5.65. The van der Waals surface area contributed by atoms with Gasteiger partial charge in [-0.2, -0.15) is 5.10 Å². The van der Waals surface area contributed by atoms with Crippen molar-refractivity contribution in [2.75, 3.05) is 0 Å². The van der Waals surface area contributed by atoms with Crippen LogP contribution in [0.5, 0.6) is 0 Å². The summed E-state index contributed by atoms with van der Waals surface area (Å²) in [7, 11) is 0. The van der Waals surface area contributed by atoms with E-state index >= 15 is 0 Å². The highest BCUT2D eigenvalue weighted by Gasteiger charge is 2.21. The monoisotopic (exact) mass is 466 g/mol. The second-order valence-corrected chi connectivity index (χ2v) is 7.58. The average Bonchev–Trinajstić information content (AvgIpc) is 3.07. The van der Waals surface area contributed by atoms with Crippen molar-refractivity contribution in [3.63, 3.8) is 0 Å². The van der Waals surface area contributed by atoms with Crippen LogP contribution in [0.15, 0.2) is 48.5 Å². The van der Waals surface area contributed by atoms with Crippen LogP contribution in [0.25, 0.3) is 27.8 Å². The zero-order chi connectivity index (χ0) is 21.6. The van der Waals surface area contributed by atoms with Gasteiger partial charge >= 0.3 is 0 Å². The lowest BCUT2D eigenvalue weighted by molar-refractivity contribution is 0.0949. The lowest BCUT2D eigenvalue weighted by atomic mass is 10.1. The lowest BCUT2D eigenvalue weighted by Crippen LogP contribution is -2.30. The number of nitrogens with one attached hydrogen (secondary N) is 1. The third kappa shape index (κ3) is 3.50. The number of nitrogens with zero attached hydrogens (tertiary/aromatic N) is 2. The van der Waals surface area contributed by atoms with E-state index in [9.17, 15) is 13.6 Å². The largest absolute Gasteiger partial charge is 0.290 e. The Morgan fingerprint density at radius 1 is 0.967 bits per heavy atom. The molecule has 10 heteroatoms. The summed E-state index contributed by atoms with van der Waals surface area (Å²) in [6.07, 6.45) is 0. The van der Waals surface area contributed by atoms with E-state index in [1.165, 1.54) is 22.9 Å². The Morgan fingerprint density at radius 2 is 1.67 bits per heavy atom. The number of aromatic nitrogens is 2. The number of amides is 1.